The molecule has 0 saturated heterocycles. The number of benzene rings is 1. The quantitative estimate of drug-likeness (QED) is 0.531. The molecule has 0 fully saturated rings. The fourth-order valence-corrected chi connectivity index (χ4v) is 2.17. The average molecular weight is 294 g/mol. The van der Waals surface area contributed by atoms with Crippen LogP contribution in [0.2, 0.25) is 0 Å². The lowest BCUT2D eigenvalue weighted by atomic mass is 9.99. The van der Waals surface area contributed by atoms with Crippen LogP contribution in [-0.2, 0) is 0 Å². The summed E-state index contributed by atoms with van der Waals surface area (Å²) < 4.78 is 0. The molecule has 20 heavy (non-hydrogen) atoms. The first-order valence-electron chi connectivity index (χ1n) is 7.46. The molecule has 3 nitrogen and oxygen atoms in total. The summed E-state index contributed by atoms with van der Waals surface area (Å²) in [5.74, 6) is 0.614. The van der Waals surface area contributed by atoms with E-state index in [-0.39, 0.29) is 0 Å². The van der Waals surface area contributed by atoms with Gasteiger partial charge in [-0.05, 0) is 42.3 Å². The molecule has 0 unspecified atom stereocenters. The monoisotopic (exact) mass is 294 g/mol. The van der Waals surface area contributed by atoms with E-state index in [0.29, 0.717) is 11.0 Å². The van der Waals surface area contributed by atoms with Crippen molar-refractivity contribution in [3.8, 4) is 0 Å². The van der Waals surface area contributed by atoms with Crippen molar-refractivity contribution in [2.75, 3.05) is 32.5 Å². The topological polar surface area (TPSA) is 28.5 Å². The number of quaternary nitrogens is 1. The van der Waals surface area contributed by atoms with Crippen molar-refractivity contribution in [3.05, 3.63) is 29.8 Å². The van der Waals surface area contributed by atoms with E-state index in [1.807, 2.05) is 0 Å². The van der Waals surface area contributed by atoms with Gasteiger partial charge in [-0.2, -0.15) is 0 Å². The van der Waals surface area contributed by atoms with E-state index in [4.69, 9.17) is 12.2 Å². The highest BCUT2D eigenvalue weighted by atomic mass is 32.1. The van der Waals surface area contributed by atoms with Gasteiger partial charge in [-0.25, -0.2) is 0 Å². The molecule has 0 radical (unpaired) electrons. The molecule has 0 heterocycles. The van der Waals surface area contributed by atoms with Crippen LogP contribution >= 0.6 is 12.2 Å². The van der Waals surface area contributed by atoms with Crippen molar-refractivity contribution in [2.45, 2.75) is 32.6 Å². The van der Waals surface area contributed by atoms with E-state index in [2.05, 4.69) is 62.8 Å². The van der Waals surface area contributed by atoms with Gasteiger partial charge in [0.1, 0.15) is 0 Å². The van der Waals surface area contributed by atoms with Gasteiger partial charge in [-0.15, -0.1) is 0 Å². The Hall–Kier alpha value is -1.13. The third-order valence-electron chi connectivity index (χ3n) is 3.49. The van der Waals surface area contributed by atoms with Crippen LogP contribution in [0.4, 0.5) is 5.69 Å². The van der Waals surface area contributed by atoms with Crippen LogP contribution in [0.5, 0.6) is 0 Å². The molecular formula is C16H28N3S+. The maximum absolute atomic E-state index is 5.29. The molecule has 0 aliphatic rings. The molecule has 0 bridgehead atoms. The fraction of sp³-hybridized carbons (Fsp3) is 0.562. The van der Waals surface area contributed by atoms with E-state index in [1.54, 1.807) is 0 Å². The van der Waals surface area contributed by atoms with Crippen LogP contribution < -0.4 is 15.5 Å². The molecule has 0 amide bonds. The van der Waals surface area contributed by atoms with E-state index < -0.39 is 0 Å². The summed E-state index contributed by atoms with van der Waals surface area (Å²) in [7, 11) is 4.32. The zero-order valence-corrected chi connectivity index (χ0v) is 13.9. The molecule has 1 aromatic rings. The Kier molecular flexibility index (Phi) is 7.55. The molecule has 1 rings (SSSR count). The molecule has 0 aromatic heterocycles. The summed E-state index contributed by atoms with van der Waals surface area (Å²) in [6.07, 6.45) is 2.29. The first-order chi connectivity index (χ1) is 9.52. The van der Waals surface area contributed by atoms with Crippen LogP contribution in [0.25, 0.3) is 0 Å². The molecule has 1 atom stereocenters. The predicted octanol–water partition coefficient (Wildman–Crippen LogP) is 2.02. The Balaban J connectivity index is 2.35. The van der Waals surface area contributed by atoms with Crippen LogP contribution in [0, 0.1) is 0 Å². The van der Waals surface area contributed by atoms with Crippen LogP contribution in [0.1, 0.15) is 38.2 Å². The second-order valence-corrected chi connectivity index (χ2v) is 6.03. The van der Waals surface area contributed by atoms with Crippen molar-refractivity contribution in [3.63, 3.8) is 0 Å². The number of rotatable bonds is 7. The smallest absolute Gasteiger partial charge is 0.170 e. The summed E-state index contributed by atoms with van der Waals surface area (Å²) in [5, 5.41) is 7.17. The molecular weight excluding hydrogens is 266 g/mol. The standard InChI is InChI=1S/C16H27N3S/c1-5-13(2)14-7-9-15(10-8-14)18-16(20)17-11-6-12-19(3)4/h7-10,13H,5-6,11-12H2,1-4H3,(H2,17,18,20)/p+1/t13-/m0/s1. The zero-order valence-electron chi connectivity index (χ0n) is 13.1. The largest absolute Gasteiger partial charge is 0.362 e. The van der Waals surface area contributed by atoms with Crippen LogP contribution in [0.3, 0.4) is 0 Å². The maximum atomic E-state index is 5.29. The van der Waals surface area contributed by atoms with E-state index in [0.717, 1.165) is 25.2 Å². The van der Waals surface area contributed by atoms with Gasteiger partial charge in [-0.3, -0.25) is 0 Å². The van der Waals surface area contributed by atoms with E-state index >= 15 is 0 Å². The van der Waals surface area contributed by atoms with Gasteiger partial charge >= 0.3 is 0 Å². The SMILES string of the molecule is CC[C@H](C)c1ccc(NC(=S)NCCC[NH+](C)C)cc1. The highest BCUT2D eigenvalue weighted by Gasteiger charge is 2.03. The Morgan fingerprint density at radius 3 is 2.45 bits per heavy atom. The molecule has 0 saturated carbocycles. The molecule has 4 heteroatoms. The lowest BCUT2D eigenvalue weighted by molar-refractivity contribution is -0.858. The van der Waals surface area contributed by atoms with Gasteiger partial charge in [0.25, 0.3) is 0 Å². The Bertz CT molecular complexity index is 401. The van der Waals surface area contributed by atoms with Crippen molar-refractivity contribution in [1.29, 1.82) is 0 Å². The number of thiocarbonyl (C=S) groups is 1. The van der Waals surface area contributed by atoms with E-state index in [1.165, 1.54) is 16.9 Å². The highest BCUT2D eigenvalue weighted by molar-refractivity contribution is 7.80. The highest BCUT2D eigenvalue weighted by Crippen LogP contribution is 2.20. The molecule has 112 valence electrons. The minimum Gasteiger partial charge on any atom is -0.362 e. The Morgan fingerprint density at radius 2 is 1.90 bits per heavy atom. The second-order valence-electron chi connectivity index (χ2n) is 5.62. The third kappa shape index (κ3) is 6.35. The molecule has 0 spiro atoms. The minimum atomic E-state index is 0.614. The number of hydrogen-bond acceptors (Lipinski definition) is 1. The molecule has 0 aliphatic carbocycles. The normalized spacial score (nSPS) is 12.2. The summed E-state index contributed by atoms with van der Waals surface area (Å²) >= 11 is 5.29. The fourth-order valence-electron chi connectivity index (χ4n) is 1.95. The van der Waals surface area contributed by atoms with Crippen molar-refractivity contribution >= 4 is 23.0 Å². The Morgan fingerprint density at radius 1 is 1.25 bits per heavy atom. The summed E-state index contributed by atoms with van der Waals surface area (Å²) in [6.45, 7) is 6.54. The maximum Gasteiger partial charge on any atom is 0.170 e. The van der Waals surface area contributed by atoms with Gasteiger partial charge in [-0.1, -0.05) is 26.0 Å². The Labute approximate surface area is 128 Å². The number of nitrogens with one attached hydrogen (secondary N) is 3. The average Bonchev–Trinajstić information content (AvgIpc) is 2.43. The molecule has 1 aromatic carbocycles. The van der Waals surface area contributed by atoms with Crippen LogP contribution in [-0.4, -0.2) is 32.3 Å². The van der Waals surface area contributed by atoms with Gasteiger partial charge < -0.3 is 15.5 Å². The van der Waals surface area contributed by atoms with Crippen molar-refractivity contribution in [1.82, 2.24) is 5.32 Å². The molecule has 3 N–H and O–H groups in total. The summed E-state index contributed by atoms with van der Waals surface area (Å²) in [4.78, 5) is 1.46. The summed E-state index contributed by atoms with van der Waals surface area (Å²) in [6, 6.07) is 8.54. The predicted molar refractivity (Wildman–Crippen MR) is 91.7 cm³/mol. The lowest BCUT2D eigenvalue weighted by Crippen LogP contribution is -3.05. The first kappa shape index (κ1) is 16.9. The van der Waals surface area contributed by atoms with Gasteiger partial charge in [0.15, 0.2) is 5.11 Å². The van der Waals surface area contributed by atoms with Gasteiger partial charge in [0.2, 0.25) is 0 Å². The number of anilines is 1. The second kappa shape index (κ2) is 8.93. The van der Waals surface area contributed by atoms with Crippen molar-refractivity contribution < 1.29 is 4.90 Å². The third-order valence-corrected chi connectivity index (χ3v) is 3.74. The lowest BCUT2D eigenvalue weighted by Gasteiger charge is -2.13. The van der Waals surface area contributed by atoms with Gasteiger partial charge in [0.05, 0.1) is 20.6 Å². The van der Waals surface area contributed by atoms with E-state index in [9.17, 15) is 0 Å². The minimum absolute atomic E-state index is 0.614. The summed E-state index contributed by atoms with van der Waals surface area (Å²) in [5.41, 5.74) is 2.43. The van der Waals surface area contributed by atoms with Crippen LogP contribution in [0.15, 0.2) is 24.3 Å². The molecule has 0 aliphatic heterocycles. The van der Waals surface area contributed by atoms with Gasteiger partial charge in [0, 0.05) is 18.7 Å². The number of hydrogen-bond donors (Lipinski definition) is 3. The van der Waals surface area contributed by atoms with Crippen molar-refractivity contribution in [2.24, 2.45) is 0 Å². The first-order valence-corrected chi connectivity index (χ1v) is 7.87. The zero-order chi connectivity index (χ0) is 15.0.